The minimum atomic E-state index is -2.02. The number of rotatable bonds is 10. The summed E-state index contributed by atoms with van der Waals surface area (Å²) in [6, 6.07) is 11.4. The van der Waals surface area contributed by atoms with E-state index in [1.165, 1.54) is 58.4 Å². The van der Waals surface area contributed by atoms with Gasteiger partial charge < -0.3 is 14.2 Å². The van der Waals surface area contributed by atoms with Crippen molar-refractivity contribution in [3.63, 3.8) is 0 Å². The van der Waals surface area contributed by atoms with Gasteiger partial charge in [-0.3, -0.25) is 0 Å². The summed E-state index contributed by atoms with van der Waals surface area (Å²) in [4.78, 5) is 5.64. The Labute approximate surface area is 271 Å². The van der Waals surface area contributed by atoms with Gasteiger partial charge in [-0.05, 0) is 48.9 Å². The number of nitrogens with zero attached hydrogens (tertiary/aromatic N) is 6. The second kappa shape index (κ2) is 12.7. The number of aromatic nitrogens is 4. The van der Waals surface area contributed by atoms with Crippen LogP contribution >= 0.6 is 23.2 Å². The third-order valence-corrected chi connectivity index (χ3v) is 9.98. The van der Waals surface area contributed by atoms with Crippen LogP contribution in [0.1, 0.15) is 48.2 Å². The van der Waals surface area contributed by atoms with Gasteiger partial charge in [-0.25, -0.2) is 31.9 Å². The van der Waals surface area contributed by atoms with E-state index in [4.69, 9.17) is 33.7 Å². The lowest BCUT2D eigenvalue weighted by Crippen LogP contribution is -2.47. The van der Waals surface area contributed by atoms with Crippen molar-refractivity contribution in [1.82, 2.24) is 19.1 Å². The Morgan fingerprint density at radius 3 is 1.67 bits per heavy atom. The molecule has 6 rings (SSSR count). The molecule has 0 radical (unpaired) electrons. The van der Waals surface area contributed by atoms with Gasteiger partial charge >= 0.3 is 0 Å². The molecule has 4 aromatic rings. The molecular formula is C32H27Cl2F5N6O. The van der Waals surface area contributed by atoms with Crippen LogP contribution in [-0.4, -0.2) is 45.2 Å². The first kappa shape index (κ1) is 33.4. The third-order valence-electron chi connectivity index (χ3n) is 8.54. The number of aliphatic hydroxyl groups is 1. The maximum atomic E-state index is 15.7. The Bertz CT molecular complexity index is 1690. The lowest BCUT2D eigenvalue weighted by Gasteiger charge is -2.34. The molecule has 0 bridgehead atoms. The van der Waals surface area contributed by atoms with Crippen LogP contribution < -0.4 is 0 Å². The Kier molecular flexibility index (Phi) is 9.20. The highest BCUT2D eigenvalue weighted by Crippen LogP contribution is 2.55. The molecule has 2 aromatic heterocycles. The largest absolute Gasteiger partial charge is 0.386 e. The molecule has 0 aliphatic heterocycles. The highest BCUT2D eigenvalue weighted by atomic mass is 35.5. The van der Waals surface area contributed by atoms with Gasteiger partial charge in [-0.1, -0.05) is 24.3 Å². The van der Waals surface area contributed by atoms with Gasteiger partial charge in [0.1, 0.15) is 29.1 Å². The van der Waals surface area contributed by atoms with Crippen LogP contribution in [0.2, 0.25) is 0 Å². The maximum Gasteiger partial charge on any atom is 0.162 e. The zero-order valence-corrected chi connectivity index (χ0v) is 25.7. The van der Waals surface area contributed by atoms with E-state index in [2.05, 4.69) is 9.97 Å². The zero-order valence-electron chi connectivity index (χ0n) is 24.2. The summed E-state index contributed by atoms with van der Waals surface area (Å²) in [5.74, 6) is -4.05. The summed E-state index contributed by atoms with van der Waals surface area (Å²) in [6.45, 7) is -0.259. The first-order chi connectivity index (χ1) is 21.8. The second-order valence-corrected chi connectivity index (χ2v) is 13.2. The van der Waals surface area contributed by atoms with Gasteiger partial charge in [0.15, 0.2) is 28.9 Å². The van der Waals surface area contributed by atoms with Crippen molar-refractivity contribution in [2.75, 3.05) is 0 Å². The Hall–Kier alpha value is -3.97. The van der Waals surface area contributed by atoms with E-state index in [0.29, 0.717) is 25.7 Å². The Balaban J connectivity index is 0.000000181. The number of nitriles is 2. The van der Waals surface area contributed by atoms with Crippen LogP contribution in [0, 0.1) is 45.9 Å². The van der Waals surface area contributed by atoms with Gasteiger partial charge in [0.05, 0.1) is 47.9 Å². The Morgan fingerprint density at radius 1 is 0.761 bits per heavy atom. The molecule has 2 saturated carbocycles. The fourth-order valence-corrected chi connectivity index (χ4v) is 5.91. The van der Waals surface area contributed by atoms with Crippen molar-refractivity contribution in [3.8, 4) is 12.1 Å². The summed E-state index contributed by atoms with van der Waals surface area (Å²) < 4.78 is 73.1. The fourth-order valence-electron chi connectivity index (χ4n) is 5.46. The number of imidazole rings is 2. The van der Waals surface area contributed by atoms with Gasteiger partial charge in [0.25, 0.3) is 0 Å². The number of hydrogen-bond donors (Lipinski definition) is 1. The van der Waals surface area contributed by atoms with Gasteiger partial charge in [0.2, 0.25) is 0 Å². The van der Waals surface area contributed by atoms with E-state index in [-0.39, 0.29) is 48.4 Å². The second-order valence-electron chi connectivity index (χ2n) is 11.7. The normalized spacial score (nSPS) is 18.2. The molecule has 2 aliphatic rings. The summed E-state index contributed by atoms with van der Waals surface area (Å²) in [5, 5.41) is 29.2. The van der Waals surface area contributed by atoms with Crippen LogP contribution in [0.4, 0.5) is 22.0 Å². The average Bonchev–Trinajstić information content (AvgIpc) is 3.86. The molecule has 2 fully saturated rings. The molecular weight excluding hydrogens is 650 g/mol. The number of hydrogen-bond acceptors (Lipinski definition) is 5. The van der Waals surface area contributed by atoms with Crippen LogP contribution in [0.3, 0.4) is 0 Å². The fraction of sp³-hybridized carbons (Fsp3) is 0.375. The number of halogens is 7. The highest BCUT2D eigenvalue weighted by Gasteiger charge is 2.60. The summed E-state index contributed by atoms with van der Waals surface area (Å²) in [6.07, 6.45) is 6.93. The van der Waals surface area contributed by atoms with E-state index >= 15 is 4.39 Å². The SMILES string of the molecule is N#Cc1cncn1CC(F)(Cc1cccc(F)c1F)C1(Cl)CC1.N#Cc1cncn1CC(O)(Cc1cccc(F)c1F)C1(Cl)CC1. The van der Waals surface area contributed by atoms with E-state index in [1.807, 2.05) is 12.1 Å². The van der Waals surface area contributed by atoms with E-state index in [0.717, 1.165) is 12.1 Å². The quantitative estimate of drug-likeness (QED) is 0.152. The van der Waals surface area contributed by atoms with Crippen molar-refractivity contribution in [2.24, 2.45) is 0 Å². The van der Waals surface area contributed by atoms with Crippen molar-refractivity contribution in [1.29, 1.82) is 10.5 Å². The first-order valence-corrected chi connectivity index (χ1v) is 15.0. The average molecular weight is 678 g/mol. The maximum absolute atomic E-state index is 15.7. The molecule has 2 heterocycles. The summed E-state index contributed by atoms with van der Waals surface area (Å²) >= 11 is 12.7. The zero-order chi connectivity index (χ0) is 33.3. The molecule has 0 amide bonds. The summed E-state index contributed by atoms with van der Waals surface area (Å²) in [7, 11) is 0. The molecule has 2 aliphatic carbocycles. The van der Waals surface area contributed by atoms with Crippen molar-refractivity contribution in [2.45, 2.75) is 72.6 Å². The van der Waals surface area contributed by atoms with E-state index < -0.39 is 44.3 Å². The molecule has 240 valence electrons. The van der Waals surface area contributed by atoms with Gasteiger partial charge in [-0.2, -0.15) is 10.5 Å². The molecule has 7 nitrogen and oxygen atoms in total. The molecule has 46 heavy (non-hydrogen) atoms. The minimum absolute atomic E-state index is 0.0185. The topological polar surface area (TPSA) is 103 Å². The highest BCUT2D eigenvalue weighted by molar-refractivity contribution is 6.27. The lowest BCUT2D eigenvalue weighted by molar-refractivity contribution is 0.00983. The van der Waals surface area contributed by atoms with Crippen molar-refractivity contribution in [3.05, 3.63) is 107 Å². The van der Waals surface area contributed by atoms with Gasteiger partial charge in [0, 0.05) is 12.8 Å². The Morgan fingerprint density at radius 2 is 1.22 bits per heavy atom. The van der Waals surface area contributed by atoms with Crippen molar-refractivity contribution >= 4 is 23.2 Å². The molecule has 2 atom stereocenters. The van der Waals surface area contributed by atoms with Crippen LogP contribution in [0.15, 0.2) is 61.4 Å². The van der Waals surface area contributed by atoms with Gasteiger partial charge in [-0.15, -0.1) is 23.2 Å². The standard InChI is InChI=1S/C16H13ClF3N3.C16H14ClF2N3O/c17-15(4-5-15)16(20,9-23-10-22-8-12(23)7-21)6-11-2-1-3-13(18)14(11)19;17-15(4-5-15)16(23,9-22-10-21-8-12(22)7-20)6-11-2-1-3-13(18)14(11)19/h1-3,8,10H,4-6,9H2;1-3,8,10,23H,4-6,9H2. The van der Waals surface area contributed by atoms with E-state index in [9.17, 15) is 22.7 Å². The minimum Gasteiger partial charge on any atom is -0.386 e. The number of alkyl halides is 3. The molecule has 2 unspecified atom stereocenters. The summed E-state index contributed by atoms with van der Waals surface area (Å²) in [5.41, 5.74) is -3.10. The smallest absolute Gasteiger partial charge is 0.162 e. The molecule has 1 N–H and O–H groups in total. The molecule has 2 aromatic carbocycles. The third kappa shape index (κ3) is 6.61. The van der Waals surface area contributed by atoms with E-state index in [1.54, 1.807) is 0 Å². The predicted molar refractivity (Wildman–Crippen MR) is 158 cm³/mol. The number of benzene rings is 2. The van der Waals surface area contributed by atoms with Crippen LogP contribution in [0.25, 0.3) is 0 Å². The predicted octanol–water partition coefficient (Wildman–Crippen LogP) is 6.53. The molecule has 14 heteroatoms. The monoisotopic (exact) mass is 676 g/mol. The van der Waals surface area contributed by atoms with Crippen LogP contribution in [-0.2, 0) is 25.9 Å². The molecule has 0 saturated heterocycles. The lowest BCUT2D eigenvalue weighted by atomic mass is 9.88. The first-order valence-electron chi connectivity index (χ1n) is 14.2. The van der Waals surface area contributed by atoms with Crippen molar-refractivity contribution < 1.29 is 27.1 Å². The van der Waals surface area contributed by atoms with Crippen LogP contribution in [0.5, 0.6) is 0 Å². The molecule has 0 spiro atoms.